The van der Waals surface area contributed by atoms with E-state index in [1.165, 1.54) is 6.07 Å². The molecule has 0 saturated carbocycles. The lowest BCUT2D eigenvalue weighted by Gasteiger charge is -2.16. The summed E-state index contributed by atoms with van der Waals surface area (Å²) in [4.78, 5) is 14.8. The third-order valence-corrected chi connectivity index (χ3v) is 2.71. The zero-order chi connectivity index (χ0) is 15.1. The van der Waals surface area contributed by atoms with Gasteiger partial charge in [0.05, 0.1) is 11.0 Å². The normalized spacial score (nSPS) is 12.2. The molecule has 1 unspecified atom stereocenters. The van der Waals surface area contributed by atoms with Gasteiger partial charge in [0.2, 0.25) is 0 Å². The lowest BCUT2D eigenvalue weighted by molar-refractivity contribution is -0.386. The SMILES string of the molecule is CCCNc1ccc([N+](=O)[O-])c(OC(C)CC(C)C)n1. The molecule has 1 heterocycles. The molecule has 1 N–H and O–H groups in total. The minimum absolute atomic E-state index is 0.0873. The fourth-order valence-electron chi connectivity index (χ4n) is 1.91. The van der Waals surface area contributed by atoms with Crippen LogP contribution in [0.5, 0.6) is 5.88 Å². The summed E-state index contributed by atoms with van der Waals surface area (Å²) >= 11 is 0. The number of ether oxygens (including phenoxy) is 1. The fraction of sp³-hybridized carbons (Fsp3) is 0.643. The zero-order valence-corrected chi connectivity index (χ0v) is 12.5. The maximum atomic E-state index is 11.0. The molecule has 1 aromatic heterocycles. The van der Waals surface area contributed by atoms with Gasteiger partial charge in [-0.2, -0.15) is 4.98 Å². The van der Waals surface area contributed by atoms with E-state index in [2.05, 4.69) is 24.1 Å². The van der Waals surface area contributed by atoms with Crippen LogP contribution < -0.4 is 10.1 Å². The van der Waals surface area contributed by atoms with Crippen molar-refractivity contribution in [2.45, 2.75) is 46.6 Å². The first kappa shape index (κ1) is 16.2. The highest BCUT2D eigenvalue weighted by molar-refractivity contribution is 5.49. The summed E-state index contributed by atoms with van der Waals surface area (Å²) in [5.74, 6) is 1.15. The van der Waals surface area contributed by atoms with E-state index in [-0.39, 0.29) is 17.7 Å². The highest BCUT2D eigenvalue weighted by Gasteiger charge is 2.20. The summed E-state index contributed by atoms with van der Waals surface area (Å²) in [5.41, 5.74) is -0.0948. The Hall–Kier alpha value is -1.85. The Kier molecular flexibility index (Phi) is 6.21. The summed E-state index contributed by atoms with van der Waals surface area (Å²) in [5, 5.41) is 14.1. The van der Waals surface area contributed by atoms with Crippen LogP contribution in [0.3, 0.4) is 0 Å². The average molecular weight is 281 g/mol. The maximum Gasteiger partial charge on any atom is 0.331 e. The van der Waals surface area contributed by atoms with E-state index >= 15 is 0 Å². The second-order valence-corrected chi connectivity index (χ2v) is 5.26. The van der Waals surface area contributed by atoms with Gasteiger partial charge in [-0.3, -0.25) is 10.1 Å². The van der Waals surface area contributed by atoms with Crippen LogP contribution in [-0.4, -0.2) is 22.6 Å². The molecule has 1 rings (SSSR count). The van der Waals surface area contributed by atoms with Gasteiger partial charge in [-0.05, 0) is 31.7 Å². The number of aromatic nitrogens is 1. The molecular weight excluding hydrogens is 258 g/mol. The number of rotatable bonds is 8. The molecule has 20 heavy (non-hydrogen) atoms. The van der Waals surface area contributed by atoms with Gasteiger partial charge in [0.15, 0.2) is 0 Å². The summed E-state index contributed by atoms with van der Waals surface area (Å²) in [7, 11) is 0. The molecule has 0 fully saturated rings. The van der Waals surface area contributed by atoms with Crippen molar-refractivity contribution >= 4 is 11.5 Å². The van der Waals surface area contributed by atoms with Crippen molar-refractivity contribution in [3.63, 3.8) is 0 Å². The lowest BCUT2D eigenvalue weighted by atomic mass is 10.1. The predicted molar refractivity (Wildman–Crippen MR) is 79.2 cm³/mol. The van der Waals surface area contributed by atoms with E-state index in [1.807, 2.05) is 13.8 Å². The van der Waals surface area contributed by atoms with E-state index in [0.717, 1.165) is 19.4 Å². The topological polar surface area (TPSA) is 77.3 Å². The highest BCUT2D eigenvalue weighted by atomic mass is 16.6. The van der Waals surface area contributed by atoms with E-state index in [1.54, 1.807) is 6.07 Å². The van der Waals surface area contributed by atoms with E-state index in [9.17, 15) is 10.1 Å². The second kappa shape index (κ2) is 7.67. The molecule has 1 aromatic rings. The molecule has 0 aliphatic carbocycles. The number of pyridine rings is 1. The molecule has 0 saturated heterocycles. The van der Waals surface area contributed by atoms with Gasteiger partial charge in [-0.25, -0.2) is 0 Å². The van der Waals surface area contributed by atoms with Crippen molar-refractivity contribution in [3.05, 3.63) is 22.2 Å². The molecule has 0 aromatic carbocycles. The van der Waals surface area contributed by atoms with E-state index < -0.39 is 4.92 Å². The minimum atomic E-state index is -0.464. The summed E-state index contributed by atoms with van der Waals surface area (Å²) in [6.45, 7) is 8.88. The zero-order valence-electron chi connectivity index (χ0n) is 12.5. The molecule has 6 nitrogen and oxygen atoms in total. The van der Waals surface area contributed by atoms with Gasteiger partial charge in [0.1, 0.15) is 5.82 Å². The van der Waals surface area contributed by atoms with Crippen LogP contribution in [0, 0.1) is 16.0 Å². The van der Waals surface area contributed by atoms with Crippen LogP contribution in [-0.2, 0) is 0 Å². The summed E-state index contributed by atoms with van der Waals surface area (Å²) < 4.78 is 5.65. The third-order valence-electron chi connectivity index (χ3n) is 2.71. The third kappa shape index (κ3) is 5.03. The van der Waals surface area contributed by atoms with E-state index in [0.29, 0.717) is 11.7 Å². The Morgan fingerprint density at radius 1 is 1.40 bits per heavy atom. The molecule has 1 atom stereocenters. The fourth-order valence-corrected chi connectivity index (χ4v) is 1.91. The average Bonchev–Trinajstić information content (AvgIpc) is 2.35. The minimum Gasteiger partial charge on any atom is -0.470 e. The molecule has 0 aliphatic heterocycles. The maximum absolute atomic E-state index is 11.0. The number of nitrogens with zero attached hydrogens (tertiary/aromatic N) is 2. The second-order valence-electron chi connectivity index (χ2n) is 5.26. The van der Waals surface area contributed by atoms with Gasteiger partial charge in [-0.15, -0.1) is 0 Å². The largest absolute Gasteiger partial charge is 0.470 e. The Labute approximate surface area is 119 Å². The lowest BCUT2D eigenvalue weighted by Crippen LogP contribution is -2.16. The Balaban J connectivity index is 2.90. The standard InChI is InChI=1S/C14H23N3O3/c1-5-8-15-13-7-6-12(17(18)19)14(16-13)20-11(4)9-10(2)3/h6-7,10-11H,5,8-9H2,1-4H3,(H,15,16). The van der Waals surface area contributed by atoms with Gasteiger partial charge in [0.25, 0.3) is 5.88 Å². The first-order chi connectivity index (χ1) is 9.43. The summed E-state index contributed by atoms with van der Waals surface area (Å²) in [6, 6.07) is 3.04. The molecular formula is C14H23N3O3. The van der Waals surface area contributed by atoms with Crippen LogP contribution in [0.15, 0.2) is 12.1 Å². The first-order valence-corrected chi connectivity index (χ1v) is 7.00. The molecule has 0 spiro atoms. The van der Waals surface area contributed by atoms with Crippen LogP contribution in [0.1, 0.15) is 40.5 Å². The van der Waals surface area contributed by atoms with Gasteiger partial charge >= 0.3 is 5.69 Å². The van der Waals surface area contributed by atoms with Crippen LogP contribution in [0.25, 0.3) is 0 Å². The van der Waals surface area contributed by atoms with Crippen LogP contribution >= 0.6 is 0 Å². The number of anilines is 1. The van der Waals surface area contributed by atoms with Crippen LogP contribution in [0.2, 0.25) is 0 Å². The number of nitrogens with one attached hydrogen (secondary N) is 1. The molecule has 0 aliphatic rings. The quantitative estimate of drug-likeness (QED) is 0.581. The number of hydrogen-bond donors (Lipinski definition) is 1. The van der Waals surface area contributed by atoms with Gasteiger partial charge < -0.3 is 10.1 Å². The first-order valence-electron chi connectivity index (χ1n) is 7.00. The molecule has 6 heteroatoms. The Bertz CT molecular complexity index is 449. The van der Waals surface area contributed by atoms with Crippen LogP contribution in [0.4, 0.5) is 11.5 Å². The number of nitro groups is 1. The smallest absolute Gasteiger partial charge is 0.331 e. The van der Waals surface area contributed by atoms with Gasteiger partial charge in [0, 0.05) is 12.6 Å². The highest BCUT2D eigenvalue weighted by Crippen LogP contribution is 2.28. The van der Waals surface area contributed by atoms with E-state index in [4.69, 9.17) is 4.74 Å². The van der Waals surface area contributed by atoms with Crippen molar-refractivity contribution in [2.24, 2.45) is 5.92 Å². The van der Waals surface area contributed by atoms with Crippen molar-refractivity contribution < 1.29 is 9.66 Å². The molecule has 0 radical (unpaired) electrons. The van der Waals surface area contributed by atoms with Crippen molar-refractivity contribution in [1.29, 1.82) is 0 Å². The molecule has 0 bridgehead atoms. The molecule has 112 valence electrons. The van der Waals surface area contributed by atoms with Crippen molar-refractivity contribution in [3.8, 4) is 5.88 Å². The Morgan fingerprint density at radius 3 is 2.65 bits per heavy atom. The number of hydrogen-bond acceptors (Lipinski definition) is 5. The van der Waals surface area contributed by atoms with Gasteiger partial charge in [-0.1, -0.05) is 20.8 Å². The summed E-state index contributed by atoms with van der Waals surface area (Å²) in [6.07, 6.45) is 1.67. The van der Waals surface area contributed by atoms with Crippen molar-refractivity contribution in [1.82, 2.24) is 4.98 Å². The van der Waals surface area contributed by atoms with Crippen molar-refractivity contribution in [2.75, 3.05) is 11.9 Å². The molecule has 0 amide bonds. The predicted octanol–water partition coefficient (Wildman–Crippen LogP) is 3.63. The Morgan fingerprint density at radius 2 is 2.10 bits per heavy atom. The monoisotopic (exact) mass is 281 g/mol.